The van der Waals surface area contributed by atoms with Crippen LogP contribution in [0.15, 0.2) is 30.6 Å². The summed E-state index contributed by atoms with van der Waals surface area (Å²) < 4.78 is 1.43. The van der Waals surface area contributed by atoms with Gasteiger partial charge in [0.1, 0.15) is 6.33 Å². The van der Waals surface area contributed by atoms with Crippen LogP contribution < -0.4 is 0 Å². The van der Waals surface area contributed by atoms with Crippen molar-refractivity contribution in [2.24, 2.45) is 0 Å². The molecular weight excluding hydrogens is 244 g/mol. The summed E-state index contributed by atoms with van der Waals surface area (Å²) in [6.45, 7) is 0. The molecule has 0 amide bonds. The fraction of sp³-hybridized carbons (Fsp3) is 0. The Morgan fingerprint density at radius 2 is 2.29 bits per heavy atom. The molecule has 0 atom stereocenters. The maximum Gasteiger partial charge on any atom is 0.328 e. The van der Waals surface area contributed by atoms with Crippen molar-refractivity contribution in [2.45, 2.75) is 0 Å². The Morgan fingerprint density at radius 1 is 1.47 bits per heavy atom. The second-order valence-electron chi connectivity index (χ2n) is 3.13. The number of carboxylic acid groups (broad SMARTS) is 1. The molecular formula is C10H7ClN4O2. The zero-order valence-corrected chi connectivity index (χ0v) is 9.24. The molecule has 0 aliphatic carbocycles. The number of rotatable bonds is 3. The lowest BCUT2D eigenvalue weighted by Crippen LogP contribution is -1.98. The molecule has 1 aromatic heterocycles. The van der Waals surface area contributed by atoms with Gasteiger partial charge in [0.2, 0.25) is 0 Å². The van der Waals surface area contributed by atoms with E-state index in [1.54, 1.807) is 18.2 Å². The molecule has 0 aliphatic heterocycles. The molecule has 7 heteroatoms. The highest BCUT2D eigenvalue weighted by Crippen LogP contribution is 2.20. The number of carbonyl (C=O) groups is 1. The van der Waals surface area contributed by atoms with Gasteiger partial charge in [-0.2, -0.15) is 4.68 Å². The fourth-order valence-corrected chi connectivity index (χ4v) is 1.48. The normalized spacial score (nSPS) is 10.9. The maximum atomic E-state index is 10.5. The van der Waals surface area contributed by atoms with Gasteiger partial charge in [-0.3, -0.25) is 0 Å². The van der Waals surface area contributed by atoms with E-state index >= 15 is 0 Å². The molecule has 17 heavy (non-hydrogen) atoms. The molecule has 0 fully saturated rings. The third-order valence-electron chi connectivity index (χ3n) is 1.99. The Bertz CT molecular complexity index is 566. The second kappa shape index (κ2) is 4.75. The first-order valence-corrected chi connectivity index (χ1v) is 4.98. The second-order valence-corrected chi connectivity index (χ2v) is 3.57. The molecule has 2 aromatic rings. The molecule has 0 unspecified atom stereocenters. The van der Waals surface area contributed by atoms with Gasteiger partial charge in [0, 0.05) is 16.7 Å². The number of benzene rings is 1. The minimum atomic E-state index is -1.03. The lowest BCUT2D eigenvalue weighted by atomic mass is 10.1. The predicted octanol–water partition coefficient (Wildman–Crippen LogP) is 1.41. The Morgan fingerprint density at radius 3 is 2.94 bits per heavy atom. The summed E-state index contributed by atoms with van der Waals surface area (Å²) in [5.74, 6) is -1.03. The average Bonchev–Trinajstić information content (AvgIpc) is 2.80. The minimum Gasteiger partial charge on any atom is -0.478 e. The van der Waals surface area contributed by atoms with Crippen molar-refractivity contribution >= 4 is 23.6 Å². The lowest BCUT2D eigenvalue weighted by molar-refractivity contribution is -0.131. The van der Waals surface area contributed by atoms with Crippen molar-refractivity contribution in [2.75, 3.05) is 0 Å². The van der Waals surface area contributed by atoms with Crippen molar-refractivity contribution < 1.29 is 9.90 Å². The smallest absolute Gasteiger partial charge is 0.328 e. The van der Waals surface area contributed by atoms with Crippen LogP contribution in [-0.2, 0) is 4.79 Å². The number of tetrazole rings is 1. The Balaban J connectivity index is 2.48. The SMILES string of the molecule is O=C(O)C=Cc1cc(Cl)ccc1-n1cnnn1. The van der Waals surface area contributed by atoms with Crippen LogP contribution in [0.1, 0.15) is 5.56 Å². The summed E-state index contributed by atoms with van der Waals surface area (Å²) >= 11 is 5.85. The molecule has 1 N–H and O–H groups in total. The quantitative estimate of drug-likeness (QED) is 0.833. The van der Waals surface area contributed by atoms with Crippen LogP contribution in [0.2, 0.25) is 5.02 Å². The molecule has 6 nitrogen and oxygen atoms in total. The average molecular weight is 251 g/mol. The number of aromatic nitrogens is 4. The van der Waals surface area contributed by atoms with Crippen LogP contribution in [0, 0.1) is 0 Å². The molecule has 0 radical (unpaired) electrons. The minimum absolute atomic E-state index is 0.506. The van der Waals surface area contributed by atoms with Gasteiger partial charge in [-0.1, -0.05) is 11.6 Å². The number of aliphatic carboxylic acids is 1. The zero-order chi connectivity index (χ0) is 12.3. The van der Waals surface area contributed by atoms with Crippen LogP contribution in [-0.4, -0.2) is 31.3 Å². The first kappa shape index (κ1) is 11.3. The van der Waals surface area contributed by atoms with Crippen LogP contribution in [0.25, 0.3) is 11.8 Å². The van der Waals surface area contributed by atoms with E-state index in [1.165, 1.54) is 17.1 Å². The first-order chi connectivity index (χ1) is 8.16. The van der Waals surface area contributed by atoms with Gasteiger partial charge in [-0.25, -0.2) is 4.79 Å². The monoisotopic (exact) mass is 250 g/mol. The number of hydrogen-bond donors (Lipinski definition) is 1. The van der Waals surface area contributed by atoms with E-state index in [4.69, 9.17) is 16.7 Å². The zero-order valence-electron chi connectivity index (χ0n) is 8.49. The number of halogens is 1. The summed E-state index contributed by atoms with van der Waals surface area (Å²) in [7, 11) is 0. The third-order valence-corrected chi connectivity index (χ3v) is 2.23. The summed E-state index contributed by atoms with van der Waals surface area (Å²) in [6.07, 6.45) is 3.88. The van der Waals surface area contributed by atoms with Crippen LogP contribution in [0.4, 0.5) is 0 Å². The molecule has 1 aromatic carbocycles. The van der Waals surface area contributed by atoms with Crippen LogP contribution in [0.3, 0.4) is 0 Å². The maximum absolute atomic E-state index is 10.5. The van der Waals surface area contributed by atoms with Gasteiger partial charge in [-0.05, 0) is 34.7 Å². The van der Waals surface area contributed by atoms with Gasteiger partial charge in [0.15, 0.2) is 0 Å². The van der Waals surface area contributed by atoms with E-state index in [-0.39, 0.29) is 0 Å². The van der Waals surface area contributed by atoms with Gasteiger partial charge in [-0.15, -0.1) is 5.10 Å². The topological polar surface area (TPSA) is 80.9 Å². The highest BCUT2D eigenvalue weighted by atomic mass is 35.5. The van der Waals surface area contributed by atoms with Crippen molar-refractivity contribution in [3.05, 3.63) is 41.2 Å². The molecule has 0 bridgehead atoms. The van der Waals surface area contributed by atoms with E-state index < -0.39 is 5.97 Å². The molecule has 0 saturated heterocycles. The Labute approximate surface area is 101 Å². The standard InChI is InChI=1S/C10H7ClN4O2/c11-8-2-3-9(15-6-12-13-14-15)7(5-8)1-4-10(16)17/h1-6H,(H,16,17). The van der Waals surface area contributed by atoms with Crippen molar-refractivity contribution in [1.29, 1.82) is 0 Å². The van der Waals surface area contributed by atoms with Crippen molar-refractivity contribution in [1.82, 2.24) is 20.2 Å². The van der Waals surface area contributed by atoms with Gasteiger partial charge < -0.3 is 5.11 Å². The Kier molecular flexibility index (Phi) is 3.15. The predicted molar refractivity (Wildman–Crippen MR) is 60.8 cm³/mol. The fourth-order valence-electron chi connectivity index (χ4n) is 1.30. The first-order valence-electron chi connectivity index (χ1n) is 4.61. The van der Waals surface area contributed by atoms with E-state index in [0.29, 0.717) is 16.3 Å². The molecule has 0 aliphatic rings. The van der Waals surface area contributed by atoms with Crippen LogP contribution in [0.5, 0.6) is 0 Å². The molecule has 0 spiro atoms. The molecule has 1 heterocycles. The van der Waals surface area contributed by atoms with Gasteiger partial charge in [0.05, 0.1) is 5.69 Å². The van der Waals surface area contributed by atoms with Gasteiger partial charge in [0.25, 0.3) is 0 Å². The highest BCUT2D eigenvalue weighted by Gasteiger charge is 2.04. The van der Waals surface area contributed by atoms with E-state index in [2.05, 4.69) is 15.5 Å². The summed E-state index contributed by atoms with van der Waals surface area (Å²) in [5, 5.41) is 19.9. The largest absolute Gasteiger partial charge is 0.478 e. The molecule has 0 saturated carbocycles. The third kappa shape index (κ3) is 2.67. The van der Waals surface area contributed by atoms with Gasteiger partial charge >= 0.3 is 5.97 Å². The lowest BCUT2D eigenvalue weighted by Gasteiger charge is -2.04. The van der Waals surface area contributed by atoms with Crippen LogP contribution >= 0.6 is 11.6 Å². The summed E-state index contributed by atoms with van der Waals surface area (Å²) in [4.78, 5) is 10.5. The van der Waals surface area contributed by atoms with E-state index in [9.17, 15) is 4.79 Å². The molecule has 2 rings (SSSR count). The molecule has 86 valence electrons. The van der Waals surface area contributed by atoms with Crippen molar-refractivity contribution in [3.8, 4) is 5.69 Å². The number of carboxylic acids is 1. The summed E-state index contributed by atoms with van der Waals surface area (Å²) in [6, 6.07) is 5.02. The van der Waals surface area contributed by atoms with Crippen molar-refractivity contribution in [3.63, 3.8) is 0 Å². The number of nitrogens with zero attached hydrogens (tertiary/aromatic N) is 4. The number of hydrogen-bond acceptors (Lipinski definition) is 4. The van der Waals surface area contributed by atoms with E-state index in [1.807, 2.05) is 0 Å². The Hall–Kier alpha value is -2.21. The van der Waals surface area contributed by atoms with E-state index in [0.717, 1.165) is 6.08 Å². The highest BCUT2D eigenvalue weighted by molar-refractivity contribution is 6.30. The summed E-state index contributed by atoms with van der Waals surface area (Å²) in [5.41, 5.74) is 1.27.